The molecule has 1 N–H and O–H groups in total. The molecule has 1 aliphatic heterocycles. The Balaban J connectivity index is 1.45. The van der Waals surface area contributed by atoms with Crippen LogP contribution < -0.4 is 14.8 Å². The molecule has 0 radical (unpaired) electrons. The Bertz CT molecular complexity index is 1020. The van der Waals surface area contributed by atoms with Crippen molar-refractivity contribution >= 4 is 29.1 Å². The van der Waals surface area contributed by atoms with Gasteiger partial charge in [-0.15, -0.1) is 0 Å². The highest BCUT2D eigenvalue weighted by atomic mass is 35.5. The summed E-state index contributed by atoms with van der Waals surface area (Å²) >= 11 is 6.24. The zero-order valence-electron chi connectivity index (χ0n) is 19.8. The van der Waals surface area contributed by atoms with Crippen molar-refractivity contribution in [1.82, 2.24) is 9.80 Å². The first-order valence-electron chi connectivity index (χ1n) is 11.8. The molecule has 0 bridgehead atoms. The number of ether oxygens (including phenoxy) is 2. The van der Waals surface area contributed by atoms with Crippen LogP contribution in [0.4, 0.5) is 5.69 Å². The molecule has 34 heavy (non-hydrogen) atoms. The van der Waals surface area contributed by atoms with Crippen LogP contribution in [0.15, 0.2) is 42.5 Å². The molecule has 2 aromatic carbocycles. The largest absolute Gasteiger partial charge is 0.493 e. The minimum atomic E-state index is -0.229. The highest BCUT2D eigenvalue weighted by Gasteiger charge is 2.37. The van der Waals surface area contributed by atoms with Gasteiger partial charge >= 0.3 is 0 Å². The molecule has 1 saturated heterocycles. The third-order valence-corrected chi connectivity index (χ3v) is 7.19. The Labute approximate surface area is 206 Å². The van der Waals surface area contributed by atoms with Crippen molar-refractivity contribution in [2.24, 2.45) is 5.92 Å². The van der Waals surface area contributed by atoms with Crippen LogP contribution in [0.3, 0.4) is 0 Å². The van der Waals surface area contributed by atoms with Gasteiger partial charge in [0, 0.05) is 37.9 Å². The van der Waals surface area contributed by atoms with Gasteiger partial charge < -0.3 is 19.7 Å². The molecule has 4 rings (SSSR count). The Hall–Kier alpha value is -2.77. The van der Waals surface area contributed by atoms with Crippen LogP contribution in [0.25, 0.3) is 0 Å². The van der Waals surface area contributed by atoms with Crippen molar-refractivity contribution in [3.05, 3.63) is 53.1 Å². The highest BCUT2D eigenvalue weighted by molar-refractivity contribution is 6.33. The second kappa shape index (κ2) is 11.1. The van der Waals surface area contributed by atoms with E-state index in [1.807, 2.05) is 23.1 Å². The van der Waals surface area contributed by atoms with Gasteiger partial charge in [-0.1, -0.05) is 36.6 Å². The molecule has 2 aromatic rings. The second-order valence-corrected chi connectivity index (χ2v) is 9.26. The third-order valence-electron chi connectivity index (χ3n) is 6.87. The van der Waals surface area contributed by atoms with E-state index in [1.54, 1.807) is 38.5 Å². The van der Waals surface area contributed by atoms with E-state index in [2.05, 4.69) is 10.2 Å². The predicted molar refractivity (Wildman–Crippen MR) is 133 cm³/mol. The van der Waals surface area contributed by atoms with Crippen molar-refractivity contribution in [3.8, 4) is 11.5 Å². The van der Waals surface area contributed by atoms with E-state index < -0.39 is 0 Å². The lowest BCUT2D eigenvalue weighted by Gasteiger charge is -2.40. The van der Waals surface area contributed by atoms with E-state index in [9.17, 15) is 9.59 Å². The number of hydrogen-bond donors (Lipinski definition) is 1. The van der Waals surface area contributed by atoms with Crippen molar-refractivity contribution in [2.45, 2.75) is 31.7 Å². The van der Waals surface area contributed by atoms with Gasteiger partial charge in [-0.2, -0.15) is 0 Å². The number of nitrogens with one attached hydrogen (secondary N) is 1. The molecule has 2 amide bonds. The molecule has 1 atom stereocenters. The molecule has 8 heteroatoms. The number of methoxy groups -OCH3 is 2. The van der Waals surface area contributed by atoms with Crippen LogP contribution in [-0.4, -0.2) is 68.1 Å². The standard InChI is InChI=1S/C26H32ClN3O4/c1-33-22-12-11-19(17-23(22)34-2)28-25(31)24(18-7-3-4-8-18)29-13-15-30(16-14-29)26(32)20-9-5-6-10-21(20)27/h5-6,9-12,17-18,24H,3-4,7-8,13-16H2,1-2H3,(H,28,31)/t24-/m1/s1. The van der Waals surface area contributed by atoms with Crippen LogP contribution in [-0.2, 0) is 4.79 Å². The smallest absolute Gasteiger partial charge is 0.255 e. The summed E-state index contributed by atoms with van der Waals surface area (Å²) in [5.41, 5.74) is 1.20. The van der Waals surface area contributed by atoms with Gasteiger partial charge in [0.1, 0.15) is 0 Å². The molecule has 1 aliphatic carbocycles. The summed E-state index contributed by atoms with van der Waals surface area (Å²) in [6, 6.07) is 12.3. The first-order chi connectivity index (χ1) is 16.5. The molecule has 2 aliphatic rings. The maximum Gasteiger partial charge on any atom is 0.255 e. The minimum Gasteiger partial charge on any atom is -0.493 e. The predicted octanol–water partition coefficient (Wildman–Crippen LogP) is 4.31. The summed E-state index contributed by atoms with van der Waals surface area (Å²) in [5.74, 6) is 1.44. The first kappa shape index (κ1) is 24.4. The third kappa shape index (κ3) is 5.31. The van der Waals surface area contributed by atoms with Gasteiger partial charge in [-0.3, -0.25) is 14.5 Å². The molecule has 2 fully saturated rings. The van der Waals surface area contributed by atoms with E-state index in [1.165, 1.54) is 0 Å². The SMILES string of the molecule is COc1ccc(NC(=O)[C@@H](C2CCCC2)N2CCN(C(=O)c3ccccc3Cl)CC2)cc1OC. The Morgan fingerprint density at radius 2 is 1.65 bits per heavy atom. The molecule has 0 spiro atoms. The average molecular weight is 486 g/mol. The van der Waals surface area contributed by atoms with Gasteiger partial charge in [-0.05, 0) is 43.0 Å². The summed E-state index contributed by atoms with van der Waals surface area (Å²) in [5, 5.41) is 3.56. The molecule has 0 unspecified atom stereocenters. The molecule has 1 saturated carbocycles. The summed E-state index contributed by atoms with van der Waals surface area (Å²) in [6.07, 6.45) is 4.39. The van der Waals surface area contributed by atoms with Gasteiger partial charge in [0.2, 0.25) is 5.91 Å². The Kier molecular flexibility index (Phi) is 7.95. The maximum absolute atomic E-state index is 13.5. The minimum absolute atomic E-state index is 0.00926. The van der Waals surface area contributed by atoms with E-state index in [-0.39, 0.29) is 17.9 Å². The zero-order valence-corrected chi connectivity index (χ0v) is 20.5. The number of amides is 2. The van der Waals surface area contributed by atoms with Crippen molar-refractivity contribution in [2.75, 3.05) is 45.7 Å². The molecule has 0 aromatic heterocycles. The zero-order chi connectivity index (χ0) is 24.1. The van der Waals surface area contributed by atoms with Crippen LogP contribution in [0.2, 0.25) is 5.02 Å². The molecule has 7 nitrogen and oxygen atoms in total. The van der Waals surface area contributed by atoms with Gasteiger partial charge in [0.15, 0.2) is 11.5 Å². The lowest BCUT2D eigenvalue weighted by molar-refractivity contribution is -0.123. The van der Waals surface area contributed by atoms with Crippen LogP contribution in [0.1, 0.15) is 36.0 Å². The lowest BCUT2D eigenvalue weighted by Crippen LogP contribution is -2.57. The average Bonchev–Trinajstić information content (AvgIpc) is 3.38. The number of rotatable bonds is 7. The molecular formula is C26H32ClN3O4. The first-order valence-corrected chi connectivity index (χ1v) is 12.2. The lowest BCUT2D eigenvalue weighted by atomic mass is 9.94. The fourth-order valence-electron chi connectivity index (χ4n) is 5.09. The number of anilines is 1. The summed E-state index contributed by atoms with van der Waals surface area (Å²) < 4.78 is 10.7. The monoisotopic (exact) mass is 485 g/mol. The summed E-state index contributed by atoms with van der Waals surface area (Å²) in [6.45, 7) is 2.43. The van der Waals surface area contributed by atoms with Crippen molar-refractivity contribution in [3.63, 3.8) is 0 Å². The van der Waals surface area contributed by atoms with Crippen LogP contribution >= 0.6 is 11.6 Å². The summed E-state index contributed by atoms with van der Waals surface area (Å²) in [7, 11) is 3.16. The van der Waals surface area contributed by atoms with E-state index in [4.69, 9.17) is 21.1 Å². The number of carbonyl (C=O) groups excluding carboxylic acids is 2. The van der Waals surface area contributed by atoms with E-state index in [0.29, 0.717) is 59.9 Å². The van der Waals surface area contributed by atoms with Gasteiger partial charge in [0.05, 0.1) is 30.8 Å². The number of halogens is 1. The number of piperazine rings is 1. The van der Waals surface area contributed by atoms with E-state index >= 15 is 0 Å². The maximum atomic E-state index is 13.5. The van der Waals surface area contributed by atoms with E-state index in [0.717, 1.165) is 25.7 Å². The molecule has 182 valence electrons. The number of benzene rings is 2. The fraction of sp³-hybridized carbons (Fsp3) is 0.462. The number of hydrogen-bond acceptors (Lipinski definition) is 5. The molecular weight excluding hydrogens is 454 g/mol. The van der Waals surface area contributed by atoms with Crippen molar-refractivity contribution in [1.29, 1.82) is 0 Å². The highest BCUT2D eigenvalue weighted by Crippen LogP contribution is 2.33. The normalized spacial score (nSPS) is 17.9. The van der Waals surface area contributed by atoms with Crippen LogP contribution in [0, 0.1) is 5.92 Å². The van der Waals surface area contributed by atoms with Crippen molar-refractivity contribution < 1.29 is 19.1 Å². The van der Waals surface area contributed by atoms with Gasteiger partial charge in [0.25, 0.3) is 5.91 Å². The Morgan fingerprint density at radius 3 is 2.29 bits per heavy atom. The fourth-order valence-corrected chi connectivity index (χ4v) is 5.31. The van der Waals surface area contributed by atoms with Gasteiger partial charge in [-0.25, -0.2) is 0 Å². The number of nitrogens with zero attached hydrogens (tertiary/aromatic N) is 2. The Morgan fingerprint density at radius 1 is 0.971 bits per heavy atom. The topological polar surface area (TPSA) is 71.1 Å². The number of carbonyl (C=O) groups is 2. The second-order valence-electron chi connectivity index (χ2n) is 8.86. The van der Waals surface area contributed by atoms with Crippen LogP contribution in [0.5, 0.6) is 11.5 Å². The molecule has 1 heterocycles. The quantitative estimate of drug-likeness (QED) is 0.632. The summed E-state index contributed by atoms with van der Waals surface area (Å²) in [4.78, 5) is 30.5.